The zero-order valence-electron chi connectivity index (χ0n) is 13.6. The van der Waals surface area contributed by atoms with E-state index < -0.39 is 11.8 Å². The van der Waals surface area contributed by atoms with E-state index in [0.29, 0.717) is 38.3 Å². The van der Waals surface area contributed by atoms with Crippen LogP contribution in [0, 0.1) is 11.7 Å². The minimum absolute atomic E-state index is 0.00451. The number of piperidine rings is 1. The lowest BCUT2D eigenvalue weighted by Crippen LogP contribution is -2.47. The molecule has 0 atom stereocenters. The van der Waals surface area contributed by atoms with Crippen LogP contribution in [-0.4, -0.2) is 36.0 Å². The molecule has 3 amide bonds. The van der Waals surface area contributed by atoms with Crippen molar-refractivity contribution in [1.29, 1.82) is 0 Å². The Bertz CT molecular complexity index is 555. The molecule has 23 heavy (non-hydrogen) atoms. The van der Waals surface area contributed by atoms with E-state index in [9.17, 15) is 14.0 Å². The Hall–Kier alpha value is -2.11. The third-order valence-electron chi connectivity index (χ3n) is 3.89. The van der Waals surface area contributed by atoms with Crippen LogP contribution in [-0.2, 0) is 4.79 Å². The van der Waals surface area contributed by atoms with Gasteiger partial charge in [0, 0.05) is 25.6 Å². The second-order valence-corrected chi connectivity index (χ2v) is 6.33. The third kappa shape index (κ3) is 5.23. The van der Waals surface area contributed by atoms with Gasteiger partial charge in [0.15, 0.2) is 0 Å². The molecule has 1 aromatic carbocycles. The smallest absolute Gasteiger partial charge is 0.319 e. The van der Waals surface area contributed by atoms with Crippen LogP contribution in [0.2, 0.25) is 0 Å². The lowest BCUT2D eigenvalue weighted by molar-refractivity contribution is -0.133. The molecular formula is C17H24FN3O2. The van der Waals surface area contributed by atoms with Gasteiger partial charge in [-0.25, -0.2) is 9.18 Å². The Labute approximate surface area is 136 Å². The van der Waals surface area contributed by atoms with Gasteiger partial charge in [-0.3, -0.25) is 4.79 Å². The van der Waals surface area contributed by atoms with Gasteiger partial charge in [-0.1, -0.05) is 26.0 Å². The number of anilines is 1. The minimum atomic E-state index is -0.461. The highest BCUT2D eigenvalue weighted by Gasteiger charge is 2.24. The van der Waals surface area contributed by atoms with Crippen LogP contribution in [0.3, 0.4) is 0 Å². The number of hydrogen-bond acceptors (Lipinski definition) is 2. The number of nitrogens with one attached hydrogen (secondary N) is 2. The highest BCUT2D eigenvalue weighted by atomic mass is 19.1. The number of carbonyl (C=O) groups is 2. The summed E-state index contributed by atoms with van der Waals surface area (Å²) in [5.41, 5.74) is 0.162. The van der Waals surface area contributed by atoms with E-state index in [-0.39, 0.29) is 17.6 Å². The van der Waals surface area contributed by atoms with Crippen molar-refractivity contribution in [2.45, 2.75) is 39.2 Å². The quantitative estimate of drug-likeness (QED) is 0.895. The normalized spacial score (nSPS) is 15.6. The number of amides is 3. The average molecular weight is 321 g/mol. The number of hydrogen-bond donors (Lipinski definition) is 2. The molecule has 126 valence electrons. The molecule has 1 saturated heterocycles. The van der Waals surface area contributed by atoms with Crippen molar-refractivity contribution in [1.82, 2.24) is 10.2 Å². The van der Waals surface area contributed by atoms with Crippen LogP contribution < -0.4 is 10.6 Å². The maximum atomic E-state index is 13.5. The molecule has 0 unspecified atom stereocenters. The maximum Gasteiger partial charge on any atom is 0.319 e. The summed E-state index contributed by atoms with van der Waals surface area (Å²) in [6, 6.07) is 5.64. The first-order valence-electron chi connectivity index (χ1n) is 8.05. The Morgan fingerprint density at radius 2 is 1.91 bits per heavy atom. The number of likely N-dealkylation sites (tertiary alicyclic amines) is 1. The first kappa shape index (κ1) is 17.2. The molecule has 0 bridgehead atoms. The Morgan fingerprint density at radius 3 is 2.52 bits per heavy atom. The summed E-state index contributed by atoms with van der Waals surface area (Å²) in [6.07, 6.45) is 1.99. The summed E-state index contributed by atoms with van der Waals surface area (Å²) in [5.74, 6) is 0.0657. The summed E-state index contributed by atoms with van der Waals surface area (Å²) in [5, 5.41) is 5.35. The second-order valence-electron chi connectivity index (χ2n) is 6.33. The van der Waals surface area contributed by atoms with E-state index in [1.807, 2.05) is 18.7 Å². The summed E-state index contributed by atoms with van der Waals surface area (Å²) < 4.78 is 13.5. The highest BCUT2D eigenvalue weighted by Crippen LogP contribution is 2.15. The topological polar surface area (TPSA) is 61.4 Å². The molecule has 1 fully saturated rings. The minimum Gasteiger partial charge on any atom is -0.343 e. The van der Waals surface area contributed by atoms with Gasteiger partial charge in [-0.2, -0.15) is 0 Å². The van der Waals surface area contributed by atoms with E-state index in [1.165, 1.54) is 12.1 Å². The monoisotopic (exact) mass is 321 g/mol. The van der Waals surface area contributed by atoms with Gasteiger partial charge in [0.05, 0.1) is 5.69 Å². The summed E-state index contributed by atoms with van der Waals surface area (Å²) in [4.78, 5) is 25.8. The molecular weight excluding hydrogens is 297 g/mol. The number of para-hydroxylation sites is 1. The van der Waals surface area contributed by atoms with Crippen molar-refractivity contribution in [3.8, 4) is 0 Å². The van der Waals surface area contributed by atoms with Crippen molar-refractivity contribution < 1.29 is 14.0 Å². The number of urea groups is 1. The number of rotatable bonds is 4. The fourth-order valence-corrected chi connectivity index (χ4v) is 2.66. The Kier molecular flexibility index (Phi) is 5.96. The van der Waals surface area contributed by atoms with Gasteiger partial charge in [0.2, 0.25) is 5.91 Å². The average Bonchev–Trinajstić information content (AvgIpc) is 2.49. The molecule has 0 spiro atoms. The largest absolute Gasteiger partial charge is 0.343 e. The second kappa shape index (κ2) is 7.94. The van der Waals surface area contributed by atoms with E-state index in [1.54, 1.807) is 12.1 Å². The van der Waals surface area contributed by atoms with Crippen molar-refractivity contribution in [2.24, 2.45) is 5.92 Å². The van der Waals surface area contributed by atoms with Crippen molar-refractivity contribution in [3.05, 3.63) is 30.1 Å². The summed E-state index contributed by atoms with van der Waals surface area (Å²) in [7, 11) is 0. The predicted octanol–water partition coefficient (Wildman–Crippen LogP) is 2.98. The van der Waals surface area contributed by atoms with E-state index in [2.05, 4.69) is 10.6 Å². The number of carbonyl (C=O) groups excluding carboxylic acids is 2. The Morgan fingerprint density at radius 1 is 1.26 bits per heavy atom. The Balaban J connectivity index is 1.77. The first-order chi connectivity index (χ1) is 11.0. The standard InChI is InChI=1S/C17H24FN3O2/c1-12(2)11-16(22)21-9-7-13(8-10-21)19-17(23)20-15-6-4-3-5-14(15)18/h3-6,12-13H,7-11H2,1-2H3,(H2,19,20,23). The molecule has 5 nitrogen and oxygen atoms in total. The number of benzene rings is 1. The van der Waals surface area contributed by atoms with Gasteiger partial charge in [0.25, 0.3) is 0 Å². The fraction of sp³-hybridized carbons (Fsp3) is 0.529. The van der Waals surface area contributed by atoms with Crippen LogP contribution in [0.25, 0.3) is 0 Å². The van der Waals surface area contributed by atoms with Crippen LogP contribution >= 0.6 is 0 Å². The molecule has 0 radical (unpaired) electrons. The molecule has 0 aromatic heterocycles. The van der Waals surface area contributed by atoms with Crippen LogP contribution in [0.1, 0.15) is 33.1 Å². The zero-order valence-corrected chi connectivity index (χ0v) is 13.6. The SMILES string of the molecule is CC(C)CC(=O)N1CCC(NC(=O)Nc2ccccc2F)CC1. The van der Waals surface area contributed by atoms with Gasteiger partial charge in [-0.05, 0) is 30.9 Å². The molecule has 1 aliphatic heterocycles. The van der Waals surface area contributed by atoms with Gasteiger partial charge >= 0.3 is 6.03 Å². The van der Waals surface area contributed by atoms with E-state index >= 15 is 0 Å². The maximum absolute atomic E-state index is 13.5. The molecule has 2 rings (SSSR count). The van der Waals surface area contributed by atoms with Crippen molar-refractivity contribution in [2.75, 3.05) is 18.4 Å². The van der Waals surface area contributed by atoms with Gasteiger partial charge < -0.3 is 15.5 Å². The number of halogens is 1. The summed E-state index contributed by atoms with van der Waals surface area (Å²) >= 11 is 0. The third-order valence-corrected chi connectivity index (χ3v) is 3.89. The van der Waals surface area contributed by atoms with E-state index in [0.717, 1.165) is 0 Å². The molecule has 1 aliphatic rings. The van der Waals surface area contributed by atoms with Crippen LogP contribution in [0.5, 0.6) is 0 Å². The molecule has 1 aromatic rings. The van der Waals surface area contributed by atoms with Crippen molar-refractivity contribution in [3.63, 3.8) is 0 Å². The molecule has 1 heterocycles. The van der Waals surface area contributed by atoms with Gasteiger partial charge in [0.1, 0.15) is 5.82 Å². The van der Waals surface area contributed by atoms with Crippen LogP contribution in [0.15, 0.2) is 24.3 Å². The predicted molar refractivity (Wildman–Crippen MR) is 87.6 cm³/mol. The zero-order chi connectivity index (χ0) is 16.8. The van der Waals surface area contributed by atoms with Gasteiger partial charge in [-0.15, -0.1) is 0 Å². The highest BCUT2D eigenvalue weighted by molar-refractivity contribution is 5.89. The lowest BCUT2D eigenvalue weighted by atomic mass is 10.0. The number of nitrogens with zero attached hydrogens (tertiary/aromatic N) is 1. The molecule has 6 heteroatoms. The first-order valence-corrected chi connectivity index (χ1v) is 8.05. The lowest BCUT2D eigenvalue weighted by Gasteiger charge is -2.32. The molecule has 0 saturated carbocycles. The summed E-state index contributed by atoms with van der Waals surface area (Å²) in [6.45, 7) is 5.35. The van der Waals surface area contributed by atoms with Crippen molar-refractivity contribution >= 4 is 17.6 Å². The van der Waals surface area contributed by atoms with Crippen LogP contribution in [0.4, 0.5) is 14.9 Å². The molecule has 2 N–H and O–H groups in total. The van der Waals surface area contributed by atoms with E-state index in [4.69, 9.17) is 0 Å². The fourth-order valence-electron chi connectivity index (χ4n) is 2.66. The molecule has 0 aliphatic carbocycles.